The Morgan fingerprint density at radius 2 is 2.12 bits per heavy atom. The average molecular weight is 352 g/mol. The summed E-state index contributed by atoms with van der Waals surface area (Å²) in [5.74, 6) is -0.523. The molecule has 0 radical (unpaired) electrons. The molecule has 1 aromatic carbocycles. The van der Waals surface area contributed by atoms with Gasteiger partial charge in [-0.2, -0.15) is 8.78 Å². The van der Waals surface area contributed by atoms with Crippen molar-refractivity contribution in [3.63, 3.8) is 0 Å². The van der Waals surface area contributed by atoms with Crippen LogP contribution >= 0.6 is 0 Å². The Bertz CT molecular complexity index is 769. The number of aromatic nitrogens is 1. The van der Waals surface area contributed by atoms with Gasteiger partial charge in [0.2, 0.25) is 0 Å². The summed E-state index contributed by atoms with van der Waals surface area (Å²) in [7, 11) is 1.42. The van der Waals surface area contributed by atoms with Gasteiger partial charge in [-0.25, -0.2) is 0 Å². The number of carbonyl (C=O) groups is 1. The van der Waals surface area contributed by atoms with Crippen molar-refractivity contribution in [1.29, 1.82) is 0 Å². The lowest BCUT2D eigenvalue weighted by atomic mass is 10.1. The highest BCUT2D eigenvalue weighted by Crippen LogP contribution is 2.26. The maximum atomic E-state index is 12.1. The van der Waals surface area contributed by atoms with E-state index >= 15 is 0 Å². The van der Waals surface area contributed by atoms with E-state index in [1.807, 2.05) is 0 Å². The maximum Gasteiger partial charge on any atom is 0.387 e. The van der Waals surface area contributed by atoms with E-state index in [-0.39, 0.29) is 29.2 Å². The predicted molar refractivity (Wildman–Crippen MR) is 84.7 cm³/mol. The number of pyridine rings is 1. The first-order valence-corrected chi connectivity index (χ1v) is 7.05. The largest absolute Gasteiger partial charge is 0.433 e. The molecule has 1 amide bonds. The van der Waals surface area contributed by atoms with Gasteiger partial charge in [0.25, 0.3) is 11.6 Å². The number of benzene rings is 1. The third kappa shape index (κ3) is 4.83. The van der Waals surface area contributed by atoms with Crippen molar-refractivity contribution in [3.05, 3.63) is 57.9 Å². The molecule has 1 aromatic heterocycles. The zero-order valence-electron chi connectivity index (χ0n) is 13.0. The average Bonchev–Trinajstić information content (AvgIpc) is 2.59. The summed E-state index contributed by atoms with van der Waals surface area (Å²) in [6.07, 6.45) is 1.13. The minimum absolute atomic E-state index is 0.0836. The van der Waals surface area contributed by atoms with Gasteiger partial charge in [-0.1, -0.05) is 0 Å². The van der Waals surface area contributed by atoms with Crippen molar-refractivity contribution >= 4 is 17.3 Å². The Hall–Kier alpha value is -3.30. The number of hydrogen-bond donors (Lipinski definition) is 2. The molecular weight excluding hydrogens is 338 g/mol. The van der Waals surface area contributed by atoms with E-state index in [0.717, 1.165) is 12.3 Å². The van der Waals surface area contributed by atoms with Gasteiger partial charge >= 0.3 is 6.61 Å². The zero-order chi connectivity index (χ0) is 18.4. The Balaban J connectivity index is 2.11. The van der Waals surface area contributed by atoms with Crippen molar-refractivity contribution in [2.75, 3.05) is 12.4 Å². The van der Waals surface area contributed by atoms with E-state index in [4.69, 9.17) is 0 Å². The molecule has 0 fully saturated rings. The molecule has 8 nitrogen and oxygen atoms in total. The molecule has 0 saturated carbocycles. The molecule has 0 aliphatic rings. The lowest BCUT2D eigenvalue weighted by molar-refractivity contribution is -0.384. The highest BCUT2D eigenvalue weighted by atomic mass is 19.3. The Kier molecular flexibility index (Phi) is 5.77. The highest BCUT2D eigenvalue weighted by molar-refractivity contribution is 5.95. The number of amides is 1. The van der Waals surface area contributed by atoms with Crippen LogP contribution in [0.15, 0.2) is 36.5 Å². The lowest BCUT2D eigenvalue weighted by Gasteiger charge is -2.09. The standard InChI is InChI=1S/C15H14F2N4O4/c1-18-14(22)9-2-5-12(13(6-9)21(23)24)20-7-10-3-4-11(8-19-10)25-15(16)17/h2-6,8,15,20H,7H2,1H3,(H,18,22). The fraction of sp³-hybridized carbons (Fsp3) is 0.200. The molecular formula is C15H14F2N4O4. The second kappa shape index (κ2) is 7.99. The number of nitro groups is 1. The van der Waals surface area contributed by atoms with Crippen LogP contribution in [0.25, 0.3) is 0 Å². The number of rotatable bonds is 7. The first-order chi connectivity index (χ1) is 11.9. The molecule has 2 aromatic rings. The van der Waals surface area contributed by atoms with Gasteiger partial charge in [0, 0.05) is 18.7 Å². The number of hydrogen-bond acceptors (Lipinski definition) is 6. The smallest absolute Gasteiger partial charge is 0.387 e. The molecule has 0 saturated heterocycles. The molecule has 2 N–H and O–H groups in total. The minimum Gasteiger partial charge on any atom is -0.433 e. The van der Waals surface area contributed by atoms with Crippen LogP contribution in [0.4, 0.5) is 20.2 Å². The predicted octanol–water partition coefficient (Wildman–Crippen LogP) is 2.56. The quantitative estimate of drug-likeness (QED) is 0.586. The minimum atomic E-state index is -2.94. The molecule has 0 aliphatic carbocycles. The van der Waals surface area contributed by atoms with E-state index in [9.17, 15) is 23.7 Å². The summed E-state index contributed by atoms with van der Waals surface area (Å²) in [6, 6.07) is 6.79. The summed E-state index contributed by atoms with van der Waals surface area (Å²) < 4.78 is 28.3. The third-order valence-corrected chi connectivity index (χ3v) is 3.17. The number of alkyl halides is 2. The Morgan fingerprint density at radius 1 is 1.36 bits per heavy atom. The van der Waals surface area contributed by atoms with Crippen molar-refractivity contribution in [2.24, 2.45) is 0 Å². The number of nitrogens with one attached hydrogen (secondary N) is 2. The fourth-order valence-corrected chi connectivity index (χ4v) is 1.99. The van der Waals surface area contributed by atoms with Crippen LogP contribution in [-0.4, -0.2) is 29.5 Å². The van der Waals surface area contributed by atoms with Gasteiger partial charge in [-0.15, -0.1) is 0 Å². The second-order valence-corrected chi connectivity index (χ2v) is 4.79. The first-order valence-electron chi connectivity index (χ1n) is 7.05. The number of anilines is 1. The van der Waals surface area contributed by atoms with E-state index in [1.165, 1.54) is 31.3 Å². The normalized spacial score (nSPS) is 10.4. The highest BCUT2D eigenvalue weighted by Gasteiger charge is 2.17. The van der Waals surface area contributed by atoms with E-state index in [1.54, 1.807) is 0 Å². The van der Waals surface area contributed by atoms with Crippen LogP contribution in [0.1, 0.15) is 16.1 Å². The number of carbonyl (C=O) groups excluding carboxylic acids is 1. The molecule has 132 valence electrons. The zero-order valence-corrected chi connectivity index (χ0v) is 13.0. The summed E-state index contributed by atoms with van der Waals surface area (Å²) in [5, 5.41) is 16.4. The summed E-state index contributed by atoms with van der Waals surface area (Å²) in [6.45, 7) is -2.82. The van der Waals surface area contributed by atoms with Crippen molar-refractivity contribution in [3.8, 4) is 5.75 Å². The van der Waals surface area contributed by atoms with Crippen LogP contribution in [-0.2, 0) is 6.54 Å². The molecule has 25 heavy (non-hydrogen) atoms. The molecule has 2 rings (SSSR count). The molecule has 0 aliphatic heterocycles. The molecule has 0 bridgehead atoms. The van der Waals surface area contributed by atoms with Gasteiger partial charge in [0.1, 0.15) is 11.4 Å². The molecule has 1 heterocycles. The number of nitro benzene ring substituents is 1. The van der Waals surface area contributed by atoms with Gasteiger partial charge in [0.05, 0.1) is 23.4 Å². The number of halogens is 2. The molecule has 0 unspecified atom stereocenters. The topological polar surface area (TPSA) is 106 Å². The fourth-order valence-electron chi connectivity index (χ4n) is 1.99. The molecule has 0 atom stereocenters. The lowest BCUT2D eigenvalue weighted by Crippen LogP contribution is -2.18. The Morgan fingerprint density at radius 3 is 2.68 bits per heavy atom. The molecule has 0 spiro atoms. The van der Waals surface area contributed by atoms with Gasteiger partial charge in [-0.05, 0) is 24.3 Å². The van der Waals surface area contributed by atoms with Gasteiger partial charge < -0.3 is 15.4 Å². The monoisotopic (exact) mass is 352 g/mol. The van der Waals surface area contributed by atoms with Gasteiger partial charge in [0.15, 0.2) is 0 Å². The number of ether oxygens (including phenoxy) is 1. The first kappa shape index (κ1) is 18.0. The maximum absolute atomic E-state index is 12.1. The SMILES string of the molecule is CNC(=O)c1ccc(NCc2ccc(OC(F)F)cn2)c([N+](=O)[O-])c1. The van der Waals surface area contributed by atoms with E-state index in [2.05, 4.69) is 20.4 Å². The third-order valence-electron chi connectivity index (χ3n) is 3.17. The van der Waals surface area contributed by atoms with Crippen LogP contribution < -0.4 is 15.4 Å². The van der Waals surface area contributed by atoms with Crippen molar-refractivity contribution in [1.82, 2.24) is 10.3 Å². The van der Waals surface area contributed by atoms with Crippen LogP contribution in [0, 0.1) is 10.1 Å². The molecule has 10 heteroatoms. The van der Waals surface area contributed by atoms with Crippen molar-refractivity contribution in [2.45, 2.75) is 13.2 Å². The van der Waals surface area contributed by atoms with Gasteiger partial charge in [-0.3, -0.25) is 19.9 Å². The summed E-state index contributed by atoms with van der Waals surface area (Å²) in [5.41, 5.74) is 0.559. The van der Waals surface area contributed by atoms with Crippen LogP contribution in [0.2, 0.25) is 0 Å². The van der Waals surface area contributed by atoms with Crippen LogP contribution in [0.3, 0.4) is 0 Å². The van der Waals surface area contributed by atoms with E-state index < -0.39 is 17.4 Å². The van der Waals surface area contributed by atoms with E-state index in [0.29, 0.717) is 5.69 Å². The summed E-state index contributed by atoms with van der Waals surface area (Å²) >= 11 is 0. The van der Waals surface area contributed by atoms with Crippen LogP contribution in [0.5, 0.6) is 5.75 Å². The number of nitrogens with zero attached hydrogens (tertiary/aromatic N) is 2. The second-order valence-electron chi connectivity index (χ2n) is 4.79. The van der Waals surface area contributed by atoms with Crippen molar-refractivity contribution < 1.29 is 23.2 Å². The Labute approximate surface area is 141 Å². The summed E-state index contributed by atoms with van der Waals surface area (Å²) in [4.78, 5) is 26.0.